The van der Waals surface area contributed by atoms with Crippen LogP contribution in [0.15, 0.2) is 6.20 Å². The van der Waals surface area contributed by atoms with Gasteiger partial charge < -0.3 is 14.5 Å². The van der Waals surface area contributed by atoms with Crippen molar-refractivity contribution in [2.75, 3.05) is 33.3 Å². The summed E-state index contributed by atoms with van der Waals surface area (Å²) in [4.78, 5) is 45.0. The molecule has 1 unspecified atom stereocenters. The van der Waals surface area contributed by atoms with Crippen LogP contribution in [0.25, 0.3) is 5.65 Å². The molecule has 1 fully saturated rings. The van der Waals surface area contributed by atoms with Gasteiger partial charge in [0.05, 0.1) is 25.3 Å². The summed E-state index contributed by atoms with van der Waals surface area (Å²) >= 11 is 0. The number of likely N-dealkylation sites (N-methyl/N-ethyl adjacent to an activating group) is 1. The Morgan fingerprint density at radius 1 is 1.33 bits per heavy atom. The first-order valence-corrected chi connectivity index (χ1v) is 11.2. The van der Waals surface area contributed by atoms with E-state index in [2.05, 4.69) is 16.2 Å². The van der Waals surface area contributed by atoms with Crippen LogP contribution in [0.5, 0.6) is 0 Å². The van der Waals surface area contributed by atoms with Crippen LogP contribution in [0.2, 0.25) is 0 Å². The van der Waals surface area contributed by atoms with Crippen LogP contribution in [0.3, 0.4) is 0 Å². The maximum Gasteiger partial charge on any atom is 0.310 e. The molecule has 0 radical (unpaired) electrons. The summed E-state index contributed by atoms with van der Waals surface area (Å²) in [6.07, 6.45) is 3.60. The van der Waals surface area contributed by atoms with E-state index in [9.17, 15) is 19.6 Å². The smallest absolute Gasteiger partial charge is 0.310 e. The molecule has 1 aliphatic heterocycles. The van der Waals surface area contributed by atoms with Crippen LogP contribution in [0, 0.1) is 31.1 Å². The Kier molecular flexibility index (Phi) is 7.63. The van der Waals surface area contributed by atoms with Crippen molar-refractivity contribution in [2.24, 2.45) is 5.92 Å². The van der Waals surface area contributed by atoms with Gasteiger partial charge in [-0.15, -0.1) is 0 Å². The van der Waals surface area contributed by atoms with Crippen molar-refractivity contribution >= 4 is 23.4 Å². The van der Waals surface area contributed by atoms with Gasteiger partial charge >= 0.3 is 5.97 Å². The number of rotatable bonds is 7. The van der Waals surface area contributed by atoms with Crippen molar-refractivity contribution < 1.29 is 19.1 Å². The minimum absolute atomic E-state index is 0.0334. The number of likely N-dealkylation sites (tertiary alicyclic amines) is 1. The second-order valence-electron chi connectivity index (χ2n) is 8.35. The first-order valence-electron chi connectivity index (χ1n) is 11.2. The van der Waals surface area contributed by atoms with Crippen LogP contribution in [-0.4, -0.2) is 75.5 Å². The van der Waals surface area contributed by atoms with E-state index in [4.69, 9.17) is 4.74 Å². The molecule has 3 rings (SSSR count). The first-order chi connectivity index (χ1) is 15.8. The van der Waals surface area contributed by atoms with Gasteiger partial charge in [-0.05, 0) is 45.6 Å². The van der Waals surface area contributed by atoms with Crippen molar-refractivity contribution in [1.82, 2.24) is 24.4 Å². The van der Waals surface area contributed by atoms with E-state index in [0.29, 0.717) is 43.7 Å². The van der Waals surface area contributed by atoms with Crippen LogP contribution < -0.4 is 0 Å². The first kappa shape index (κ1) is 24.2. The van der Waals surface area contributed by atoms with E-state index < -0.39 is 0 Å². The zero-order valence-corrected chi connectivity index (χ0v) is 19.6. The average Bonchev–Trinajstić information content (AvgIpc) is 3.21. The van der Waals surface area contributed by atoms with Crippen molar-refractivity contribution in [1.29, 1.82) is 5.26 Å². The molecule has 33 heavy (non-hydrogen) atoms. The number of fused-ring (bicyclic) bond motifs is 1. The summed E-state index contributed by atoms with van der Waals surface area (Å²) in [7, 11) is 1.61. The monoisotopic (exact) mass is 454 g/mol. The molecule has 10 nitrogen and oxygen atoms in total. The molecule has 0 saturated carbocycles. The number of ether oxygens (including phenoxy) is 1. The Morgan fingerprint density at radius 2 is 2.09 bits per heavy atom. The quantitative estimate of drug-likeness (QED) is 0.580. The molecule has 0 N–H and O–H groups in total. The third-order valence-corrected chi connectivity index (χ3v) is 6.11. The molecule has 3 heterocycles. The Bertz CT molecular complexity index is 1100. The molecule has 0 aromatic carbocycles. The molecule has 0 aliphatic carbocycles. The fraction of sp³-hybridized carbons (Fsp3) is 0.565. The number of carbonyl (C=O) groups excluding carboxylic acids is 3. The standard InChI is InChI=1S/C23H30N6O4/c1-5-33-23(32)17-7-6-10-28(13-17)21(31)14-27(4)20(30)9-8-19-15(2)26-22-18(11-24)12-25-29(22)16(19)3/h12,17H,5-10,13-14H2,1-4H3. The molecule has 1 aliphatic rings. The van der Waals surface area contributed by atoms with Crippen molar-refractivity contribution in [3.63, 3.8) is 0 Å². The molecule has 0 bridgehead atoms. The van der Waals surface area contributed by atoms with Gasteiger partial charge in [-0.25, -0.2) is 9.50 Å². The lowest BCUT2D eigenvalue weighted by Crippen LogP contribution is -2.47. The van der Waals surface area contributed by atoms with Crippen LogP contribution in [0.1, 0.15) is 48.7 Å². The lowest BCUT2D eigenvalue weighted by atomic mass is 9.98. The topological polar surface area (TPSA) is 121 Å². The highest BCUT2D eigenvalue weighted by molar-refractivity contribution is 5.85. The third-order valence-electron chi connectivity index (χ3n) is 6.11. The summed E-state index contributed by atoms with van der Waals surface area (Å²) in [5.41, 5.74) is 3.40. The van der Waals surface area contributed by atoms with Crippen LogP contribution in [0.4, 0.5) is 0 Å². The van der Waals surface area contributed by atoms with Gasteiger partial charge in [-0.2, -0.15) is 10.4 Å². The lowest BCUT2D eigenvalue weighted by Gasteiger charge is -2.32. The Morgan fingerprint density at radius 3 is 2.79 bits per heavy atom. The molecule has 2 amide bonds. The maximum absolute atomic E-state index is 12.7. The second-order valence-corrected chi connectivity index (χ2v) is 8.35. The number of nitrogens with zero attached hydrogens (tertiary/aromatic N) is 6. The van der Waals surface area contributed by atoms with E-state index in [0.717, 1.165) is 23.4 Å². The molecule has 0 spiro atoms. The highest BCUT2D eigenvalue weighted by atomic mass is 16.5. The summed E-state index contributed by atoms with van der Waals surface area (Å²) in [6.45, 7) is 6.70. The van der Waals surface area contributed by atoms with Crippen LogP contribution >= 0.6 is 0 Å². The summed E-state index contributed by atoms with van der Waals surface area (Å²) in [5.74, 6) is -0.897. The number of nitriles is 1. The molecule has 2 aromatic rings. The molecule has 1 atom stereocenters. The SMILES string of the molecule is CCOC(=O)C1CCCN(C(=O)CN(C)C(=O)CCc2c(C)nc3c(C#N)cnn3c2C)C1. The largest absolute Gasteiger partial charge is 0.466 e. The van der Waals surface area contributed by atoms with E-state index in [1.54, 1.807) is 23.4 Å². The van der Waals surface area contributed by atoms with Crippen molar-refractivity contribution in [3.05, 3.63) is 28.7 Å². The molecule has 2 aromatic heterocycles. The zero-order valence-electron chi connectivity index (χ0n) is 19.6. The number of esters is 1. The van der Waals surface area contributed by atoms with Gasteiger partial charge in [0.25, 0.3) is 0 Å². The minimum Gasteiger partial charge on any atom is -0.466 e. The van der Waals surface area contributed by atoms with E-state index in [1.807, 2.05) is 13.8 Å². The number of hydrogen-bond acceptors (Lipinski definition) is 7. The lowest BCUT2D eigenvalue weighted by molar-refractivity contribution is -0.152. The van der Waals surface area contributed by atoms with Gasteiger partial charge in [0.2, 0.25) is 11.8 Å². The van der Waals surface area contributed by atoms with E-state index in [-0.39, 0.29) is 36.7 Å². The zero-order chi connectivity index (χ0) is 24.1. The number of hydrogen-bond donors (Lipinski definition) is 0. The number of aryl methyl sites for hydroxylation is 2. The van der Waals surface area contributed by atoms with E-state index >= 15 is 0 Å². The van der Waals surface area contributed by atoms with Crippen molar-refractivity contribution in [2.45, 2.75) is 46.5 Å². The highest BCUT2D eigenvalue weighted by Gasteiger charge is 2.30. The van der Waals surface area contributed by atoms with Gasteiger partial charge in [0.15, 0.2) is 5.65 Å². The fourth-order valence-corrected chi connectivity index (χ4v) is 4.22. The predicted octanol–water partition coefficient (Wildman–Crippen LogP) is 1.41. The number of aromatic nitrogens is 3. The fourth-order valence-electron chi connectivity index (χ4n) is 4.22. The van der Waals surface area contributed by atoms with Gasteiger partial charge in [0.1, 0.15) is 11.6 Å². The molecular weight excluding hydrogens is 424 g/mol. The summed E-state index contributed by atoms with van der Waals surface area (Å²) in [6, 6.07) is 2.08. The Labute approximate surface area is 193 Å². The third kappa shape index (κ3) is 5.30. The number of carbonyl (C=O) groups is 3. The van der Waals surface area contributed by atoms with Gasteiger partial charge in [0, 0.05) is 37.9 Å². The van der Waals surface area contributed by atoms with Gasteiger partial charge in [-0.1, -0.05) is 0 Å². The van der Waals surface area contributed by atoms with E-state index in [1.165, 1.54) is 11.1 Å². The molecule has 1 saturated heterocycles. The highest BCUT2D eigenvalue weighted by Crippen LogP contribution is 2.20. The predicted molar refractivity (Wildman–Crippen MR) is 119 cm³/mol. The maximum atomic E-state index is 12.7. The van der Waals surface area contributed by atoms with Crippen LogP contribution in [-0.2, 0) is 25.5 Å². The molecule has 176 valence electrons. The summed E-state index contributed by atoms with van der Waals surface area (Å²) in [5, 5.41) is 13.4. The number of piperidine rings is 1. The van der Waals surface area contributed by atoms with Crippen molar-refractivity contribution in [3.8, 4) is 6.07 Å². The minimum atomic E-state index is -0.305. The Hall–Kier alpha value is -3.48. The molecule has 10 heteroatoms. The molecular formula is C23H30N6O4. The normalized spacial score (nSPS) is 15.8. The summed E-state index contributed by atoms with van der Waals surface area (Å²) < 4.78 is 6.71. The number of amides is 2. The average molecular weight is 455 g/mol. The van der Waals surface area contributed by atoms with Gasteiger partial charge in [-0.3, -0.25) is 14.4 Å². The Balaban J connectivity index is 1.58. The second kappa shape index (κ2) is 10.4.